The van der Waals surface area contributed by atoms with E-state index >= 15 is 0 Å². The van der Waals surface area contributed by atoms with Crippen LogP contribution < -0.4 is 9.60 Å². The Hall–Kier alpha value is -0.900. The first kappa shape index (κ1) is 14.5. The zero-order valence-electron chi connectivity index (χ0n) is 9.40. The van der Waals surface area contributed by atoms with Crippen LogP contribution in [0.5, 0.6) is 0 Å². The number of anilines is 1. The minimum atomic E-state index is -3.87. The Morgan fingerprint density at radius 1 is 1.53 bits per heavy atom. The normalized spacial score (nSPS) is 11.5. The Balaban J connectivity index is 2.45. The number of thiazole rings is 1. The van der Waals surface area contributed by atoms with E-state index in [-0.39, 0.29) is 20.7 Å². The second-order valence-electron chi connectivity index (χ2n) is 3.52. The molecule has 10 heteroatoms. The van der Waals surface area contributed by atoms with E-state index in [0.717, 1.165) is 0 Å². The summed E-state index contributed by atoms with van der Waals surface area (Å²) in [6, 6.07) is 1.48. The average molecular weight is 385 g/mol. The standard InChI is InChI=1S/C9H7BrClN3O3S2/c1-4-8(18-9(15)13-4)19(16,17)14-6-2-5(10)3-12-7(6)11/h2-3,14H,1H3,(H,13,15). The predicted molar refractivity (Wildman–Crippen MR) is 77.4 cm³/mol. The van der Waals surface area contributed by atoms with Crippen molar-refractivity contribution in [3.63, 3.8) is 0 Å². The van der Waals surface area contributed by atoms with Crippen molar-refractivity contribution < 1.29 is 8.42 Å². The highest BCUT2D eigenvalue weighted by atomic mass is 79.9. The number of pyridine rings is 1. The SMILES string of the molecule is Cc1[nH]c(=O)sc1S(=O)(=O)Nc1cc(Br)cnc1Cl. The summed E-state index contributed by atoms with van der Waals surface area (Å²) in [5.74, 6) is 0. The van der Waals surface area contributed by atoms with Crippen molar-refractivity contribution in [2.24, 2.45) is 0 Å². The number of H-pyrrole nitrogens is 1. The first-order valence-corrected chi connectivity index (χ1v) is 8.30. The van der Waals surface area contributed by atoms with Crippen LogP contribution in [0.1, 0.15) is 5.69 Å². The smallest absolute Gasteiger partial charge is 0.306 e. The first-order chi connectivity index (χ1) is 8.79. The number of nitrogens with zero attached hydrogens (tertiary/aromatic N) is 1. The summed E-state index contributed by atoms with van der Waals surface area (Å²) in [4.78, 5) is 16.9. The van der Waals surface area contributed by atoms with E-state index < -0.39 is 14.9 Å². The molecule has 6 nitrogen and oxygen atoms in total. The molecular weight excluding hydrogens is 378 g/mol. The van der Waals surface area contributed by atoms with E-state index in [0.29, 0.717) is 15.8 Å². The van der Waals surface area contributed by atoms with Crippen LogP contribution in [0, 0.1) is 6.92 Å². The number of sulfonamides is 1. The molecule has 0 atom stereocenters. The monoisotopic (exact) mass is 383 g/mol. The maximum absolute atomic E-state index is 12.1. The van der Waals surface area contributed by atoms with Gasteiger partial charge < -0.3 is 4.98 Å². The molecule has 2 aromatic heterocycles. The highest BCUT2D eigenvalue weighted by Gasteiger charge is 2.22. The lowest BCUT2D eigenvalue weighted by Gasteiger charge is -2.08. The average Bonchev–Trinajstić information content (AvgIpc) is 2.63. The number of rotatable bonds is 3. The lowest BCUT2D eigenvalue weighted by Crippen LogP contribution is -2.13. The second-order valence-corrected chi connectivity index (χ2v) is 7.66. The number of aryl methyl sites for hydroxylation is 1. The zero-order valence-corrected chi connectivity index (χ0v) is 13.4. The minimum absolute atomic E-state index is 0.0207. The minimum Gasteiger partial charge on any atom is -0.315 e. The van der Waals surface area contributed by atoms with Gasteiger partial charge in [0.2, 0.25) is 0 Å². The summed E-state index contributed by atoms with van der Waals surface area (Å²) < 4.78 is 27.1. The van der Waals surface area contributed by atoms with Crippen molar-refractivity contribution in [2.45, 2.75) is 11.1 Å². The van der Waals surface area contributed by atoms with Crippen LogP contribution in [0.15, 0.2) is 25.7 Å². The fourth-order valence-electron chi connectivity index (χ4n) is 1.33. The van der Waals surface area contributed by atoms with Crippen LogP contribution in [0.25, 0.3) is 0 Å². The van der Waals surface area contributed by atoms with Crippen LogP contribution in [-0.4, -0.2) is 18.4 Å². The number of aromatic nitrogens is 2. The van der Waals surface area contributed by atoms with Gasteiger partial charge in [0.05, 0.1) is 5.69 Å². The Morgan fingerprint density at radius 3 is 2.79 bits per heavy atom. The van der Waals surface area contributed by atoms with Crippen molar-refractivity contribution in [2.75, 3.05) is 4.72 Å². The third-order valence-corrected chi connectivity index (χ3v) is 5.78. The highest BCUT2D eigenvalue weighted by Crippen LogP contribution is 2.27. The molecule has 19 heavy (non-hydrogen) atoms. The van der Waals surface area contributed by atoms with Gasteiger partial charge in [-0.2, -0.15) is 0 Å². The second kappa shape index (κ2) is 5.23. The van der Waals surface area contributed by atoms with Crippen molar-refractivity contribution in [1.29, 1.82) is 0 Å². The van der Waals surface area contributed by atoms with Gasteiger partial charge in [-0.1, -0.05) is 22.9 Å². The van der Waals surface area contributed by atoms with E-state index in [9.17, 15) is 13.2 Å². The largest absolute Gasteiger partial charge is 0.315 e. The molecule has 0 spiro atoms. The van der Waals surface area contributed by atoms with Gasteiger partial charge in [0.1, 0.15) is 0 Å². The summed E-state index contributed by atoms with van der Waals surface area (Å²) in [5, 5.41) is 0.0207. The number of hydrogen-bond acceptors (Lipinski definition) is 5. The topological polar surface area (TPSA) is 91.9 Å². The summed E-state index contributed by atoms with van der Waals surface area (Å²) >= 11 is 9.59. The molecule has 0 saturated heterocycles. The molecule has 2 rings (SSSR count). The molecule has 2 heterocycles. The zero-order chi connectivity index (χ0) is 14.2. The van der Waals surface area contributed by atoms with Gasteiger partial charge in [0.15, 0.2) is 9.36 Å². The molecule has 0 aliphatic carbocycles. The van der Waals surface area contributed by atoms with Crippen LogP contribution in [0.3, 0.4) is 0 Å². The number of hydrogen-bond donors (Lipinski definition) is 2. The first-order valence-electron chi connectivity index (χ1n) is 4.83. The molecule has 0 radical (unpaired) electrons. The maximum Gasteiger partial charge on any atom is 0.306 e. The fraction of sp³-hybridized carbons (Fsp3) is 0.111. The number of nitrogens with one attached hydrogen (secondary N) is 2. The van der Waals surface area contributed by atoms with Crippen LogP contribution >= 0.6 is 38.9 Å². The van der Waals surface area contributed by atoms with E-state index in [1.165, 1.54) is 19.2 Å². The molecule has 0 amide bonds. The third kappa shape index (κ3) is 3.16. The van der Waals surface area contributed by atoms with Crippen molar-refractivity contribution in [3.8, 4) is 0 Å². The molecule has 0 aromatic carbocycles. The van der Waals surface area contributed by atoms with Crippen molar-refractivity contribution in [3.05, 3.63) is 37.3 Å². The van der Waals surface area contributed by atoms with Gasteiger partial charge in [-0.25, -0.2) is 13.4 Å². The molecule has 2 aromatic rings. The van der Waals surface area contributed by atoms with Gasteiger partial charge in [-0.15, -0.1) is 0 Å². The molecular formula is C9H7BrClN3O3S2. The van der Waals surface area contributed by atoms with Gasteiger partial charge >= 0.3 is 4.87 Å². The molecule has 102 valence electrons. The summed E-state index contributed by atoms with van der Waals surface area (Å²) in [5.41, 5.74) is 0.415. The van der Waals surface area contributed by atoms with Crippen LogP contribution in [0.2, 0.25) is 5.15 Å². The summed E-state index contributed by atoms with van der Waals surface area (Å²) in [6.45, 7) is 1.51. The Bertz CT molecular complexity index is 784. The lowest BCUT2D eigenvalue weighted by molar-refractivity contribution is 0.602. The van der Waals surface area contributed by atoms with Crippen molar-refractivity contribution >= 4 is 54.6 Å². The third-order valence-electron chi connectivity index (χ3n) is 2.08. The molecule has 2 N–H and O–H groups in total. The van der Waals surface area contributed by atoms with Crippen molar-refractivity contribution in [1.82, 2.24) is 9.97 Å². The van der Waals surface area contributed by atoms with E-state index in [1.54, 1.807) is 0 Å². The summed E-state index contributed by atoms with van der Waals surface area (Å²) in [6.07, 6.45) is 1.44. The van der Waals surface area contributed by atoms with E-state index in [2.05, 4.69) is 30.6 Å². The Labute approximate surface area is 126 Å². The fourth-order valence-corrected chi connectivity index (χ4v) is 4.23. The molecule has 0 bridgehead atoms. The van der Waals surface area contributed by atoms with Gasteiger partial charge in [-0.05, 0) is 28.9 Å². The van der Waals surface area contributed by atoms with Crippen LogP contribution in [-0.2, 0) is 10.0 Å². The van der Waals surface area contributed by atoms with E-state index in [1.807, 2.05) is 0 Å². The molecule has 0 aliphatic heterocycles. The Morgan fingerprint density at radius 2 is 2.21 bits per heavy atom. The molecule has 0 saturated carbocycles. The van der Waals surface area contributed by atoms with E-state index in [4.69, 9.17) is 11.6 Å². The van der Waals surface area contributed by atoms with Gasteiger partial charge in [0.25, 0.3) is 10.0 Å². The quantitative estimate of drug-likeness (QED) is 0.795. The predicted octanol–water partition coefficient (Wildman–Crippen LogP) is 2.36. The van der Waals surface area contributed by atoms with Crippen LogP contribution in [0.4, 0.5) is 5.69 Å². The summed E-state index contributed by atoms with van der Waals surface area (Å²) in [7, 11) is -3.87. The van der Waals surface area contributed by atoms with Gasteiger partial charge in [0, 0.05) is 16.4 Å². The number of halogens is 2. The Kier molecular flexibility index (Phi) is 4.00. The molecule has 0 unspecified atom stereocenters. The number of aromatic amines is 1. The molecule has 0 fully saturated rings. The maximum atomic E-state index is 12.1. The molecule has 0 aliphatic rings. The van der Waals surface area contributed by atoms with Gasteiger partial charge in [-0.3, -0.25) is 9.52 Å². The lowest BCUT2D eigenvalue weighted by atomic mass is 10.4. The highest BCUT2D eigenvalue weighted by molar-refractivity contribution is 9.10.